The molecule has 2 aromatic carbocycles. The molecule has 2 N–H and O–H groups in total. The Morgan fingerprint density at radius 3 is 2.25 bits per heavy atom. The second-order valence-electron chi connectivity index (χ2n) is 10.1. The highest BCUT2D eigenvalue weighted by Gasteiger charge is 2.57. The van der Waals surface area contributed by atoms with Crippen LogP contribution in [0.4, 0.5) is 0 Å². The van der Waals surface area contributed by atoms with Crippen molar-refractivity contribution in [1.82, 2.24) is 15.5 Å². The fraction of sp³-hybridized carbons (Fsp3) is 0.429. The fourth-order valence-corrected chi connectivity index (χ4v) is 7.52. The van der Waals surface area contributed by atoms with E-state index in [0.29, 0.717) is 17.9 Å². The summed E-state index contributed by atoms with van der Waals surface area (Å²) in [5, 5.41) is 4.47. The number of sulfone groups is 1. The summed E-state index contributed by atoms with van der Waals surface area (Å²) in [4.78, 5) is 53.6. The zero-order valence-corrected chi connectivity index (χ0v) is 24.5. The van der Waals surface area contributed by atoms with Gasteiger partial charge in [0.2, 0.25) is 17.6 Å². The van der Waals surface area contributed by atoms with Gasteiger partial charge in [-0.1, -0.05) is 54.4 Å². The van der Waals surface area contributed by atoms with E-state index < -0.39 is 50.2 Å². The highest BCUT2D eigenvalue weighted by Crippen LogP contribution is 2.51. The van der Waals surface area contributed by atoms with Crippen molar-refractivity contribution in [3.05, 3.63) is 64.1 Å². The predicted molar refractivity (Wildman–Crippen MR) is 151 cm³/mol. The van der Waals surface area contributed by atoms with Gasteiger partial charge in [0.1, 0.15) is 6.04 Å². The SMILES string of the molecule is CCNC(=O)C(=O)C(CC)NC(=O)[C@@H]1C[C@@H](S(=O)(=O)c2ccccc2Cl)CN1C(=O)C1(c2ccc(Cl)cc2)CC1. The number of hydrogen-bond donors (Lipinski definition) is 2. The summed E-state index contributed by atoms with van der Waals surface area (Å²) in [6, 6.07) is 10.6. The van der Waals surface area contributed by atoms with E-state index in [2.05, 4.69) is 10.6 Å². The molecule has 214 valence electrons. The molecule has 1 saturated heterocycles. The van der Waals surface area contributed by atoms with Crippen LogP contribution in [0.25, 0.3) is 0 Å². The lowest BCUT2D eigenvalue weighted by Crippen LogP contribution is -2.54. The minimum atomic E-state index is -4.02. The molecule has 1 aliphatic heterocycles. The smallest absolute Gasteiger partial charge is 0.289 e. The lowest BCUT2D eigenvalue weighted by molar-refractivity contribution is -0.143. The number of Topliss-reactive ketones (excluding diaryl/α,β-unsaturated/α-hetero) is 1. The molecule has 40 heavy (non-hydrogen) atoms. The van der Waals surface area contributed by atoms with Gasteiger partial charge in [0.05, 0.1) is 26.6 Å². The summed E-state index contributed by atoms with van der Waals surface area (Å²) in [6.45, 7) is 3.33. The molecule has 0 bridgehead atoms. The molecule has 2 aromatic rings. The maximum absolute atomic E-state index is 14.0. The van der Waals surface area contributed by atoms with Gasteiger partial charge in [-0.05, 0) is 62.4 Å². The summed E-state index contributed by atoms with van der Waals surface area (Å²) < 4.78 is 27.3. The first-order valence-corrected chi connectivity index (χ1v) is 15.4. The monoisotopic (exact) mass is 607 g/mol. The molecule has 1 heterocycles. The number of halogens is 2. The van der Waals surface area contributed by atoms with Crippen molar-refractivity contribution in [1.29, 1.82) is 0 Å². The van der Waals surface area contributed by atoms with Crippen molar-refractivity contribution >= 4 is 56.5 Å². The number of ketones is 1. The van der Waals surface area contributed by atoms with Gasteiger partial charge >= 0.3 is 0 Å². The van der Waals surface area contributed by atoms with Gasteiger partial charge in [-0.25, -0.2) is 8.42 Å². The van der Waals surface area contributed by atoms with Crippen molar-refractivity contribution in [3.63, 3.8) is 0 Å². The van der Waals surface area contributed by atoms with Gasteiger partial charge in [0.25, 0.3) is 5.91 Å². The molecule has 1 saturated carbocycles. The Bertz CT molecular complexity index is 1430. The number of amides is 3. The average Bonchev–Trinajstić information content (AvgIpc) is 3.61. The van der Waals surface area contributed by atoms with Crippen LogP contribution in [0, 0.1) is 0 Å². The van der Waals surface area contributed by atoms with Gasteiger partial charge in [-0.2, -0.15) is 0 Å². The molecule has 2 aliphatic rings. The van der Waals surface area contributed by atoms with Crippen LogP contribution in [-0.2, 0) is 34.4 Å². The maximum Gasteiger partial charge on any atom is 0.289 e. The number of rotatable bonds is 10. The number of nitrogens with one attached hydrogen (secondary N) is 2. The highest BCUT2D eigenvalue weighted by atomic mass is 35.5. The Balaban J connectivity index is 1.66. The Hall–Kier alpha value is -2.95. The van der Waals surface area contributed by atoms with E-state index in [4.69, 9.17) is 23.2 Å². The number of likely N-dealkylation sites (tertiary alicyclic amines) is 1. The van der Waals surface area contributed by atoms with E-state index in [0.717, 1.165) is 5.56 Å². The quantitative estimate of drug-likeness (QED) is 0.399. The molecule has 9 nitrogen and oxygen atoms in total. The summed E-state index contributed by atoms with van der Waals surface area (Å²) in [7, 11) is -4.02. The summed E-state index contributed by atoms with van der Waals surface area (Å²) in [5.41, 5.74) is -0.163. The molecule has 4 rings (SSSR count). The number of hydrogen-bond acceptors (Lipinski definition) is 6. The lowest BCUT2D eigenvalue weighted by atomic mass is 9.94. The van der Waals surface area contributed by atoms with Gasteiger partial charge in [0, 0.05) is 18.1 Å². The largest absolute Gasteiger partial charge is 0.350 e. The van der Waals surface area contributed by atoms with Gasteiger partial charge in [0.15, 0.2) is 9.84 Å². The highest BCUT2D eigenvalue weighted by molar-refractivity contribution is 7.92. The molecule has 12 heteroatoms. The molecular weight excluding hydrogens is 577 g/mol. The Labute approximate surface area is 243 Å². The Morgan fingerprint density at radius 1 is 1.02 bits per heavy atom. The van der Waals surface area contributed by atoms with Crippen molar-refractivity contribution in [2.75, 3.05) is 13.1 Å². The Morgan fingerprint density at radius 2 is 1.68 bits per heavy atom. The van der Waals surface area contributed by atoms with E-state index >= 15 is 0 Å². The van der Waals surface area contributed by atoms with Crippen molar-refractivity contribution in [2.24, 2.45) is 0 Å². The second kappa shape index (κ2) is 11.9. The molecule has 0 spiro atoms. The van der Waals surface area contributed by atoms with Crippen LogP contribution in [0.2, 0.25) is 10.0 Å². The number of benzene rings is 2. The number of nitrogens with zero attached hydrogens (tertiary/aromatic N) is 1. The molecule has 1 unspecified atom stereocenters. The standard InChI is InChI=1S/C28H31Cl2N3O6S/c1-3-21(24(34)26(36)31-4-2)32-25(35)22-15-19(40(38,39)23-8-6-5-7-20(23)30)16-33(22)27(37)28(13-14-28)17-9-11-18(29)12-10-17/h5-12,19,21-22H,3-4,13-16H2,1-2H3,(H,31,36)(H,32,35)/t19-,21?,22+/m1/s1. The summed E-state index contributed by atoms with van der Waals surface area (Å²) in [6.07, 6.45) is 1.02. The zero-order valence-electron chi connectivity index (χ0n) is 22.2. The number of carbonyl (C=O) groups excluding carboxylic acids is 4. The van der Waals surface area contributed by atoms with Crippen LogP contribution in [0.15, 0.2) is 53.4 Å². The van der Waals surface area contributed by atoms with Crippen LogP contribution < -0.4 is 10.6 Å². The van der Waals surface area contributed by atoms with Crippen molar-refractivity contribution in [2.45, 2.75) is 67.2 Å². The minimum Gasteiger partial charge on any atom is -0.350 e. The molecule has 3 atom stereocenters. The fourth-order valence-electron chi connectivity index (χ4n) is 5.17. The van der Waals surface area contributed by atoms with Crippen LogP contribution in [0.5, 0.6) is 0 Å². The summed E-state index contributed by atoms with van der Waals surface area (Å²) >= 11 is 12.3. The predicted octanol–water partition coefficient (Wildman–Crippen LogP) is 3.07. The molecule has 2 fully saturated rings. The van der Waals surface area contributed by atoms with E-state index in [1.807, 2.05) is 0 Å². The average molecular weight is 609 g/mol. The number of likely N-dealkylation sites (N-methyl/N-ethyl adjacent to an activating group) is 1. The number of carbonyl (C=O) groups is 4. The van der Waals surface area contributed by atoms with Gasteiger partial charge in [-0.15, -0.1) is 0 Å². The first-order valence-electron chi connectivity index (χ1n) is 13.1. The maximum atomic E-state index is 14.0. The minimum absolute atomic E-state index is 0.0479. The van der Waals surface area contributed by atoms with Gasteiger partial charge in [-0.3, -0.25) is 19.2 Å². The molecule has 1 aliphatic carbocycles. The normalized spacial score (nSPS) is 20.4. The first-order chi connectivity index (χ1) is 19.0. The van der Waals surface area contributed by atoms with E-state index in [1.54, 1.807) is 50.2 Å². The lowest BCUT2D eigenvalue weighted by Gasteiger charge is -2.29. The summed E-state index contributed by atoms with van der Waals surface area (Å²) in [5.74, 6) is -2.70. The molecule has 0 aromatic heterocycles. The van der Waals surface area contributed by atoms with E-state index in [-0.39, 0.29) is 41.8 Å². The topological polar surface area (TPSA) is 130 Å². The van der Waals surface area contributed by atoms with Crippen molar-refractivity contribution < 1.29 is 27.6 Å². The van der Waals surface area contributed by atoms with Crippen LogP contribution in [0.3, 0.4) is 0 Å². The van der Waals surface area contributed by atoms with E-state index in [1.165, 1.54) is 17.0 Å². The first kappa shape index (κ1) is 30.0. The van der Waals surface area contributed by atoms with Crippen LogP contribution >= 0.6 is 23.2 Å². The molecule has 0 radical (unpaired) electrons. The molecular formula is C28H31Cl2N3O6S. The van der Waals surface area contributed by atoms with E-state index in [9.17, 15) is 27.6 Å². The van der Waals surface area contributed by atoms with Crippen molar-refractivity contribution in [3.8, 4) is 0 Å². The Kier molecular flexibility index (Phi) is 8.92. The third-order valence-corrected chi connectivity index (χ3v) is 10.4. The molecule has 3 amide bonds. The van der Waals surface area contributed by atoms with Crippen LogP contribution in [0.1, 0.15) is 45.1 Å². The third kappa shape index (κ3) is 5.75. The van der Waals surface area contributed by atoms with Crippen LogP contribution in [-0.4, -0.2) is 67.2 Å². The second-order valence-corrected chi connectivity index (χ2v) is 13.1. The third-order valence-electron chi connectivity index (χ3n) is 7.57. The van der Waals surface area contributed by atoms with Gasteiger partial charge < -0.3 is 15.5 Å². The zero-order chi connectivity index (χ0) is 29.2.